The topological polar surface area (TPSA) is 37.4 Å². The first-order valence-electron chi connectivity index (χ1n) is 5.96. The molecule has 100 valence electrons. The van der Waals surface area contributed by atoms with Crippen LogP contribution in [0.3, 0.4) is 0 Å². The average Bonchev–Trinajstić information content (AvgIpc) is 2.71. The van der Waals surface area contributed by atoms with Crippen molar-refractivity contribution in [2.45, 2.75) is 6.43 Å². The van der Waals surface area contributed by atoms with Gasteiger partial charge in [0.2, 0.25) is 0 Å². The number of carbonyl (C=O) groups excluding carboxylic acids is 2. The Morgan fingerprint density at radius 3 is 1.85 bits per heavy atom. The monoisotopic (exact) mass is 273 g/mol. The molecule has 0 aromatic heterocycles. The number of rotatable bonds is 2. The highest BCUT2D eigenvalue weighted by Gasteiger charge is 2.37. The molecule has 2 amide bonds. The minimum atomic E-state index is -2.75. The smallest absolute Gasteiger partial charge is 0.266 e. The summed E-state index contributed by atoms with van der Waals surface area (Å²) in [4.78, 5) is 25.3. The molecule has 1 heterocycles. The fraction of sp³-hybridized carbons (Fsp3) is 0.0667. The number of amides is 2. The molecule has 1 aliphatic heterocycles. The van der Waals surface area contributed by atoms with E-state index in [0.29, 0.717) is 0 Å². The van der Waals surface area contributed by atoms with E-state index in [4.69, 9.17) is 0 Å². The van der Waals surface area contributed by atoms with E-state index in [2.05, 4.69) is 0 Å². The van der Waals surface area contributed by atoms with Gasteiger partial charge < -0.3 is 0 Å². The van der Waals surface area contributed by atoms with Crippen LogP contribution in [0.15, 0.2) is 48.5 Å². The lowest BCUT2D eigenvalue weighted by atomic mass is 10.1. The Bertz CT molecular complexity index is 678. The summed E-state index contributed by atoms with van der Waals surface area (Å²) in [7, 11) is 0. The molecule has 1 aliphatic rings. The van der Waals surface area contributed by atoms with Gasteiger partial charge in [-0.3, -0.25) is 9.59 Å². The van der Waals surface area contributed by atoms with E-state index in [1.165, 1.54) is 36.4 Å². The van der Waals surface area contributed by atoms with Crippen LogP contribution in [0.5, 0.6) is 0 Å². The predicted molar refractivity (Wildman–Crippen MR) is 69.0 cm³/mol. The zero-order valence-corrected chi connectivity index (χ0v) is 10.2. The summed E-state index contributed by atoms with van der Waals surface area (Å²) in [5.41, 5.74) is 0.0823. The summed E-state index contributed by atoms with van der Waals surface area (Å²) in [6, 6.07) is 11.8. The largest absolute Gasteiger partial charge is 0.268 e. The lowest BCUT2D eigenvalue weighted by molar-refractivity contribution is 0.0924. The van der Waals surface area contributed by atoms with Crippen LogP contribution < -0.4 is 4.90 Å². The molecule has 2 aromatic rings. The maximum absolute atomic E-state index is 13.0. The zero-order valence-electron chi connectivity index (χ0n) is 10.2. The number of hydrogen-bond acceptors (Lipinski definition) is 2. The Balaban J connectivity index is 2.15. The fourth-order valence-electron chi connectivity index (χ4n) is 2.28. The molecule has 0 saturated carbocycles. The van der Waals surface area contributed by atoms with Crippen molar-refractivity contribution in [2.24, 2.45) is 0 Å². The molecule has 3 nitrogen and oxygen atoms in total. The van der Waals surface area contributed by atoms with E-state index in [-0.39, 0.29) is 22.4 Å². The van der Waals surface area contributed by atoms with Crippen molar-refractivity contribution in [3.05, 3.63) is 65.2 Å². The second kappa shape index (κ2) is 4.52. The molecule has 0 unspecified atom stereocenters. The summed E-state index contributed by atoms with van der Waals surface area (Å²) in [5.74, 6) is -1.14. The molecule has 0 fully saturated rings. The number of benzene rings is 2. The molecular formula is C15H9F2NO2. The Morgan fingerprint density at radius 2 is 1.30 bits per heavy atom. The van der Waals surface area contributed by atoms with Crippen molar-refractivity contribution in [3.8, 4) is 0 Å². The SMILES string of the molecule is O=C1c2ccccc2C(=O)N1c1ccccc1C(F)F. The maximum Gasteiger partial charge on any atom is 0.266 e. The van der Waals surface area contributed by atoms with E-state index >= 15 is 0 Å². The molecule has 0 spiro atoms. The molecule has 3 rings (SSSR count). The minimum Gasteiger partial charge on any atom is -0.268 e. The first kappa shape index (κ1) is 12.5. The standard InChI is InChI=1S/C15H9F2NO2/c16-13(17)11-7-3-4-8-12(11)18-14(19)9-5-1-2-6-10(9)15(18)20/h1-8,13H. The molecule has 0 bridgehead atoms. The summed E-state index contributed by atoms with van der Waals surface area (Å²) in [6.45, 7) is 0. The molecule has 0 saturated heterocycles. The van der Waals surface area contributed by atoms with E-state index < -0.39 is 18.2 Å². The highest BCUT2D eigenvalue weighted by atomic mass is 19.3. The maximum atomic E-state index is 13.0. The van der Waals surface area contributed by atoms with Crippen molar-refractivity contribution < 1.29 is 18.4 Å². The molecule has 5 heteroatoms. The third-order valence-electron chi connectivity index (χ3n) is 3.21. The van der Waals surface area contributed by atoms with Crippen LogP contribution in [0, 0.1) is 0 Å². The van der Waals surface area contributed by atoms with Crippen LogP contribution in [-0.4, -0.2) is 11.8 Å². The summed E-state index contributed by atoms with van der Waals surface area (Å²) < 4.78 is 26.0. The third kappa shape index (κ3) is 1.71. The fourth-order valence-corrected chi connectivity index (χ4v) is 2.28. The average molecular weight is 273 g/mol. The van der Waals surface area contributed by atoms with Gasteiger partial charge in [0.15, 0.2) is 0 Å². The number of anilines is 1. The highest BCUT2D eigenvalue weighted by Crippen LogP contribution is 2.34. The van der Waals surface area contributed by atoms with Gasteiger partial charge >= 0.3 is 0 Å². The molecular weight excluding hydrogens is 264 g/mol. The van der Waals surface area contributed by atoms with Gasteiger partial charge in [-0.15, -0.1) is 0 Å². The van der Waals surface area contributed by atoms with Crippen LogP contribution in [-0.2, 0) is 0 Å². The zero-order chi connectivity index (χ0) is 14.3. The van der Waals surface area contributed by atoms with E-state index in [9.17, 15) is 18.4 Å². The van der Waals surface area contributed by atoms with Crippen molar-refractivity contribution in [2.75, 3.05) is 4.90 Å². The Labute approximate surface area is 113 Å². The predicted octanol–water partition coefficient (Wildman–Crippen LogP) is 3.42. The first-order valence-corrected chi connectivity index (χ1v) is 5.96. The molecule has 20 heavy (non-hydrogen) atoms. The Hall–Kier alpha value is -2.56. The number of hydrogen-bond donors (Lipinski definition) is 0. The van der Waals surface area contributed by atoms with Crippen molar-refractivity contribution in [1.82, 2.24) is 0 Å². The summed E-state index contributed by atoms with van der Waals surface area (Å²) >= 11 is 0. The van der Waals surface area contributed by atoms with Crippen LogP contribution in [0.1, 0.15) is 32.7 Å². The van der Waals surface area contributed by atoms with Crippen LogP contribution in [0.4, 0.5) is 14.5 Å². The summed E-state index contributed by atoms with van der Waals surface area (Å²) in [6.07, 6.45) is -2.75. The van der Waals surface area contributed by atoms with Crippen LogP contribution >= 0.6 is 0 Å². The molecule has 0 radical (unpaired) electrons. The minimum absolute atomic E-state index is 0.0614. The normalized spacial score (nSPS) is 14.1. The lowest BCUT2D eigenvalue weighted by Gasteiger charge is -2.17. The number of nitrogens with zero attached hydrogens (tertiary/aromatic N) is 1. The number of imide groups is 1. The van der Waals surface area contributed by atoms with Gasteiger partial charge in [-0.1, -0.05) is 30.3 Å². The van der Waals surface area contributed by atoms with Gasteiger partial charge in [-0.25, -0.2) is 13.7 Å². The second-order valence-electron chi connectivity index (χ2n) is 4.35. The molecule has 2 aromatic carbocycles. The van der Waals surface area contributed by atoms with E-state index in [0.717, 1.165) is 4.90 Å². The van der Waals surface area contributed by atoms with Gasteiger partial charge in [0.05, 0.1) is 16.8 Å². The van der Waals surface area contributed by atoms with Gasteiger partial charge in [0, 0.05) is 5.56 Å². The lowest BCUT2D eigenvalue weighted by Crippen LogP contribution is -2.30. The molecule has 0 atom stereocenters. The third-order valence-corrected chi connectivity index (χ3v) is 3.21. The van der Waals surface area contributed by atoms with E-state index in [1.807, 2.05) is 0 Å². The molecule has 0 N–H and O–H groups in total. The van der Waals surface area contributed by atoms with Crippen LogP contribution in [0.25, 0.3) is 0 Å². The van der Waals surface area contributed by atoms with Gasteiger partial charge in [0.1, 0.15) is 0 Å². The number of alkyl halides is 2. The van der Waals surface area contributed by atoms with Gasteiger partial charge in [-0.2, -0.15) is 0 Å². The number of para-hydroxylation sites is 1. The van der Waals surface area contributed by atoms with Crippen molar-refractivity contribution >= 4 is 17.5 Å². The van der Waals surface area contributed by atoms with Crippen molar-refractivity contribution in [3.63, 3.8) is 0 Å². The number of carbonyl (C=O) groups is 2. The summed E-state index contributed by atoms with van der Waals surface area (Å²) in [5, 5.41) is 0. The number of halogens is 2. The highest BCUT2D eigenvalue weighted by molar-refractivity contribution is 6.34. The quantitative estimate of drug-likeness (QED) is 0.786. The Morgan fingerprint density at radius 1 is 0.800 bits per heavy atom. The van der Waals surface area contributed by atoms with Crippen molar-refractivity contribution in [1.29, 1.82) is 0 Å². The second-order valence-corrected chi connectivity index (χ2v) is 4.35. The van der Waals surface area contributed by atoms with Gasteiger partial charge in [-0.05, 0) is 18.2 Å². The molecule has 0 aliphatic carbocycles. The van der Waals surface area contributed by atoms with Gasteiger partial charge in [0.25, 0.3) is 18.2 Å². The van der Waals surface area contributed by atoms with Crippen LogP contribution in [0.2, 0.25) is 0 Å². The first-order chi connectivity index (χ1) is 9.61. The van der Waals surface area contributed by atoms with E-state index in [1.54, 1.807) is 12.1 Å². The Kier molecular flexibility index (Phi) is 2.82. The number of fused-ring (bicyclic) bond motifs is 1.